The lowest BCUT2D eigenvalue weighted by molar-refractivity contribution is 0.163. The normalized spacial score (nSPS) is 14.6. The Morgan fingerprint density at radius 2 is 1.76 bits per heavy atom. The fraction of sp³-hybridized carbons (Fsp3) is 0.385. The van der Waals surface area contributed by atoms with Crippen LogP contribution in [0, 0.1) is 20.8 Å². The molecule has 0 unspecified atom stereocenters. The van der Waals surface area contributed by atoms with Crippen LogP contribution in [0.1, 0.15) is 54.4 Å². The molecule has 0 spiro atoms. The number of anilines is 1. The van der Waals surface area contributed by atoms with Gasteiger partial charge in [0.1, 0.15) is 0 Å². The van der Waals surface area contributed by atoms with Gasteiger partial charge in [0, 0.05) is 22.7 Å². The molecule has 0 bridgehead atoms. The summed E-state index contributed by atoms with van der Waals surface area (Å²) in [5, 5.41) is 16.7. The summed E-state index contributed by atoms with van der Waals surface area (Å²) in [6, 6.07) is 14.7. The van der Waals surface area contributed by atoms with Gasteiger partial charge in [-0.2, -0.15) is 4.52 Å². The number of hydrogen-bond acceptors (Lipinski definition) is 4. The van der Waals surface area contributed by atoms with Crippen molar-refractivity contribution in [3.8, 4) is 0 Å². The number of nitrogens with zero attached hydrogens (tertiary/aromatic N) is 5. The molecular weight excluding hydrogens is 412 g/mol. The van der Waals surface area contributed by atoms with Crippen LogP contribution in [0.5, 0.6) is 0 Å². The van der Waals surface area contributed by atoms with Gasteiger partial charge in [-0.1, -0.05) is 37.0 Å². The van der Waals surface area contributed by atoms with E-state index in [1.807, 2.05) is 36.9 Å². The fourth-order valence-electron chi connectivity index (χ4n) is 5.09. The highest BCUT2D eigenvalue weighted by atomic mass is 16.2. The molecule has 5 rings (SSSR count). The summed E-state index contributed by atoms with van der Waals surface area (Å²) in [4.78, 5) is 15.6. The second-order valence-corrected chi connectivity index (χ2v) is 9.37. The molecule has 0 atom stereocenters. The van der Waals surface area contributed by atoms with E-state index in [1.54, 1.807) is 4.52 Å². The lowest BCUT2D eigenvalue weighted by Crippen LogP contribution is -2.43. The van der Waals surface area contributed by atoms with Gasteiger partial charge >= 0.3 is 6.03 Å². The summed E-state index contributed by atoms with van der Waals surface area (Å²) >= 11 is 0. The minimum Gasteiger partial charge on any atom is -0.317 e. The highest BCUT2D eigenvalue weighted by Crippen LogP contribution is 2.28. The van der Waals surface area contributed by atoms with Gasteiger partial charge < -0.3 is 10.2 Å². The Morgan fingerprint density at radius 3 is 2.52 bits per heavy atom. The number of aromatic nitrogens is 4. The van der Waals surface area contributed by atoms with E-state index in [4.69, 9.17) is 0 Å². The van der Waals surface area contributed by atoms with Gasteiger partial charge in [-0.05, 0) is 85.5 Å². The maximum Gasteiger partial charge on any atom is 0.322 e. The molecule has 2 aromatic carbocycles. The van der Waals surface area contributed by atoms with Gasteiger partial charge in [-0.25, -0.2) is 4.79 Å². The third-order valence-electron chi connectivity index (χ3n) is 6.59. The third kappa shape index (κ3) is 4.40. The predicted octanol–water partition coefficient (Wildman–Crippen LogP) is 5.57. The molecule has 2 amide bonds. The van der Waals surface area contributed by atoms with Crippen molar-refractivity contribution >= 4 is 28.3 Å². The average molecular weight is 443 g/mol. The van der Waals surface area contributed by atoms with Crippen LogP contribution in [0.25, 0.3) is 16.6 Å². The molecule has 0 saturated heterocycles. The Morgan fingerprint density at radius 1 is 1.00 bits per heavy atom. The van der Waals surface area contributed by atoms with E-state index in [0.717, 1.165) is 59.0 Å². The smallest absolute Gasteiger partial charge is 0.317 e. The van der Waals surface area contributed by atoms with E-state index in [2.05, 4.69) is 52.0 Å². The zero-order valence-electron chi connectivity index (χ0n) is 19.5. The lowest BCUT2D eigenvalue weighted by atomic mass is 9.94. The number of benzene rings is 2. The van der Waals surface area contributed by atoms with E-state index in [-0.39, 0.29) is 12.1 Å². The lowest BCUT2D eigenvalue weighted by Gasteiger charge is -2.34. The Kier molecular flexibility index (Phi) is 5.70. The second kappa shape index (κ2) is 8.81. The first-order chi connectivity index (χ1) is 16.0. The van der Waals surface area contributed by atoms with Gasteiger partial charge in [-0.15, -0.1) is 5.10 Å². The number of fused-ring (bicyclic) bond motifs is 3. The number of hydrogen-bond donors (Lipinski definition) is 1. The number of amides is 2. The maximum absolute atomic E-state index is 13.6. The first-order valence-electron chi connectivity index (χ1n) is 11.7. The number of aryl methyl sites for hydroxylation is 3. The molecule has 2 aromatic heterocycles. The van der Waals surface area contributed by atoms with Crippen molar-refractivity contribution < 1.29 is 4.79 Å². The van der Waals surface area contributed by atoms with E-state index in [9.17, 15) is 4.79 Å². The highest BCUT2D eigenvalue weighted by molar-refractivity contribution is 5.90. The van der Waals surface area contributed by atoms with Crippen molar-refractivity contribution in [2.45, 2.75) is 65.5 Å². The van der Waals surface area contributed by atoms with Crippen LogP contribution in [-0.4, -0.2) is 37.0 Å². The predicted molar refractivity (Wildman–Crippen MR) is 130 cm³/mol. The fourth-order valence-corrected chi connectivity index (χ4v) is 5.09. The van der Waals surface area contributed by atoms with Crippen LogP contribution in [0.2, 0.25) is 0 Å². The van der Waals surface area contributed by atoms with Crippen molar-refractivity contribution in [3.63, 3.8) is 0 Å². The molecule has 170 valence electrons. The maximum atomic E-state index is 13.6. The molecule has 7 heteroatoms. The van der Waals surface area contributed by atoms with Gasteiger partial charge in [-0.3, -0.25) is 0 Å². The first-order valence-corrected chi connectivity index (χ1v) is 11.7. The number of rotatable bonds is 4. The van der Waals surface area contributed by atoms with Crippen molar-refractivity contribution in [2.75, 3.05) is 5.32 Å². The minimum atomic E-state index is -0.0677. The largest absolute Gasteiger partial charge is 0.322 e. The Bertz CT molecular complexity index is 1300. The number of tetrazole rings is 1. The molecular formula is C26H30N6O. The van der Waals surface area contributed by atoms with Crippen LogP contribution >= 0.6 is 0 Å². The van der Waals surface area contributed by atoms with Crippen LogP contribution in [0.4, 0.5) is 10.5 Å². The Balaban J connectivity index is 1.52. The van der Waals surface area contributed by atoms with Crippen LogP contribution in [-0.2, 0) is 6.54 Å². The Labute approximate surface area is 193 Å². The van der Waals surface area contributed by atoms with Gasteiger partial charge in [0.05, 0.1) is 12.1 Å². The minimum absolute atomic E-state index is 0.0677. The quantitative estimate of drug-likeness (QED) is 0.448. The molecule has 4 aromatic rings. The van der Waals surface area contributed by atoms with Crippen LogP contribution in [0.15, 0.2) is 42.5 Å². The zero-order valence-corrected chi connectivity index (χ0v) is 19.5. The summed E-state index contributed by atoms with van der Waals surface area (Å²) in [6.45, 7) is 6.64. The van der Waals surface area contributed by atoms with Gasteiger partial charge in [0.25, 0.3) is 0 Å². The molecule has 0 radical (unpaired) electrons. The molecule has 1 saturated carbocycles. The van der Waals surface area contributed by atoms with Crippen molar-refractivity contribution in [1.29, 1.82) is 0 Å². The topological polar surface area (TPSA) is 75.4 Å². The monoisotopic (exact) mass is 442 g/mol. The molecule has 33 heavy (non-hydrogen) atoms. The number of urea groups is 1. The number of carbonyl (C=O) groups is 1. The van der Waals surface area contributed by atoms with Crippen LogP contribution < -0.4 is 5.32 Å². The van der Waals surface area contributed by atoms with Gasteiger partial charge in [0.2, 0.25) is 0 Å². The molecule has 0 aliphatic heterocycles. The molecule has 2 heterocycles. The number of carbonyl (C=O) groups excluding carboxylic acids is 1. The third-order valence-corrected chi connectivity index (χ3v) is 6.59. The molecule has 1 aliphatic rings. The SMILES string of the molecule is Cc1cc(C)cc(NC(=O)N(Cc2cc3cc(C)ccc3n3nnnc23)C2CCCCC2)c1. The Hall–Kier alpha value is -3.48. The van der Waals surface area contributed by atoms with Crippen molar-refractivity contribution in [2.24, 2.45) is 0 Å². The summed E-state index contributed by atoms with van der Waals surface area (Å²) in [5.41, 5.74) is 6.91. The van der Waals surface area contributed by atoms with Crippen LogP contribution in [0.3, 0.4) is 0 Å². The summed E-state index contributed by atoms with van der Waals surface area (Å²) in [7, 11) is 0. The van der Waals surface area contributed by atoms with E-state index >= 15 is 0 Å². The standard InChI is InChI=1S/C26H30N6O/c1-17-9-10-24-20(12-17)15-21(25-28-29-30-32(24)25)16-31(23-7-5-4-6-8-23)26(33)27-22-13-18(2)11-19(3)14-22/h9-15,23H,4-8,16H2,1-3H3,(H,27,33). The molecule has 1 N–H and O–H groups in total. The molecule has 7 nitrogen and oxygen atoms in total. The van der Waals surface area contributed by atoms with Gasteiger partial charge in [0.15, 0.2) is 5.65 Å². The van der Waals surface area contributed by atoms with E-state index in [1.165, 1.54) is 12.0 Å². The first kappa shape index (κ1) is 21.4. The van der Waals surface area contributed by atoms with E-state index < -0.39 is 0 Å². The van der Waals surface area contributed by atoms with E-state index in [0.29, 0.717) is 12.2 Å². The molecule has 1 aliphatic carbocycles. The summed E-state index contributed by atoms with van der Waals surface area (Å²) in [6.07, 6.45) is 5.58. The average Bonchev–Trinajstić information content (AvgIpc) is 3.27. The highest BCUT2D eigenvalue weighted by Gasteiger charge is 2.27. The summed E-state index contributed by atoms with van der Waals surface area (Å²) in [5.74, 6) is 0. The number of pyridine rings is 1. The summed E-state index contributed by atoms with van der Waals surface area (Å²) < 4.78 is 1.78. The zero-order chi connectivity index (χ0) is 22.9. The second-order valence-electron chi connectivity index (χ2n) is 9.37. The molecule has 1 fully saturated rings. The van der Waals surface area contributed by atoms with Crippen molar-refractivity contribution in [1.82, 2.24) is 24.9 Å². The van der Waals surface area contributed by atoms with Crippen molar-refractivity contribution in [3.05, 3.63) is 64.7 Å². The number of nitrogens with one attached hydrogen (secondary N) is 1.